The number of rotatable bonds is 7. The highest BCUT2D eigenvalue weighted by Crippen LogP contribution is 1.97. The minimum atomic E-state index is -0.00304. The van der Waals surface area contributed by atoms with Gasteiger partial charge in [-0.15, -0.1) is 0 Å². The Kier molecular flexibility index (Phi) is 7.37. The number of hydrogen-bond donors (Lipinski definition) is 2. The van der Waals surface area contributed by atoms with Gasteiger partial charge in [-0.1, -0.05) is 12.1 Å². The van der Waals surface area contributed by atoms with Gasteiger partial charge in [-0.05, 0) is 24.3 Å². The first-order valence-electron chi connectivity index (χ1n) is 8.17. The molecule has 2 rings (SSSR count). The standard InChI is InChI=1S/C18H24N6O/c1-19-18(22-13-16-8-4-6-11-21-16)23-14-17(25)24(2)12-9-15-7-3-5-10-20-15/h3-8,10-11H,9,12-14H2,1-2H3,(H2,19,22,23). The first-order chi connectivity index (χ1) is 12.2. The van der Waals surface area contributed by atoms with Gasteiger partial charge >= 0.3 is 0 Å². The summed E-state index contributed by atoms with van der Waals surface area (Å²) in [6.45, 7) is 1.35. The molecule has 0 aliphatic heterocycles. The molecule has 0 unspecified atom stereocenters. The minimum absolute atomic E-state index is 0.00304. The van der Waals surface area contributed by atoms with Gasteiger partial charge < -0.3 is 15.5 Å². The monoisotopic (exact) mass is 340 g/mol. The number of likely N-dealkylation sites (N-methyl/N-ethyl adjacent to an activating group) is 1. The van der Waals surface area contributed by atoms with E-state index in [2.05, 4.69) is 25.6 Å². The van der Waals surface area contributed by atoms with Crippen molar-refractivity contribution in [3.05, 3.63) is 60.2 Å². The van der Waals surface area contributed by atoms with Crippen molar-refractivity contribution in [2.45, 2.75) is 13.0 Å². The first kappa shape index (κ1) is 18.4. The third-order valence-corrected chi connectivity index (χ3v) is 3.65. The second-order valence-electron chi connectivity index (χ2n) is 5.49. The molecule has 0 spiro atoms. The second kappa shape index (κ2) is 10.0. The highest BCUT2D eigenvalue weighted by Gasteiger charge is 2.10. The molecule has 2 aromatic heterocycles. The number of aromatic nitrogens is 2. The molecule has 7 nitrogen and oxygen atoms in total. The maximum absolute atomic E-state index is 12.2. The van der Waals surface area contributed by atoms with E-state index < -0.39 is 0 Å². The number of guanidine groups is 1. The summed E-state index contributed by atoms with van der Waals surface area (Å²) in [6, 6.07) is 11.5. The van der Waals surface area contributed by atoms with Gasteiger partial charge in [0.15, 0.2) is 5.96 Å². The molecule has 2 N–H and O–H groups in total. The van der Waals surface area contributed by atoms with E-state index in [1.54, 1.807) is 31.4 Å². The van der Waals surface area contributed by atoms with Gasteiger partial charge in [-0.2, -0.15) is 0 Å². The molecular weight excluding hydrogens is 316 g/mol. The minimum Gasteiger partial charge on any atom is -0.351 e. The Morgan fingerprint density at radius 1 is 1.08 bits per heavy atom. The van der Waals surface area contributed by atoms with Crippen LogP contribution in [0.3, 0.4) is 0 Å². The van der Waals surface area contributed by atoms with E-state index in [0.29, 0.717) is 19.0 Å². The summed E-state index contributed by atoms with van der Waals surface area (Å²) >= 11 is 0. The molecule has 2 aromatic rings. The summed E-state index contributed by atoms with van der Waals surface area (Å²) in [5.74, 6) is 0.564. The predicted octanol–water partition coefficient (Wildman–Crippen LogP) is 0.843. The second-order valence-corrected chi connectivity index (χ2v) is 5.49. The lowest BCUT2D eigenvalue weighted by atomic mass is 10.2. The van der Waals surface area contributed by atoms with Gasteiger partial charge in [0.2, 0.25) is 5.91 Å². The Labute approximate surface area is 148 Å². The van der Waals surface area contributed by atoms with Crippen molar-refractivity contribution in [3.63, 3.8) is 0 Å². The van der Waals surface area contributed by atoms with Crippen molar-refractivity contribution in [1.29, 1.82) is 0 Å². The fourth-order valence-corrected chi connectivity index (χ4v) is 2.14. The molecule has 0 radical (unpaired) electrons. The highest BCUT2D eigenvalue weighted by molar-refractivity contribution is 5.86. The van der Waals surface area contributed by atoms with E-state index in [1.807, 2.05) is 36.4 Å². The van der Waals surface area contributed by atoms with Crippen molar-refractivity contribution < 1.29 is 4.79 Å². The molecule has 2 heterocycles. The fraction of sp³-hybridized carbons (Fsp3) is 0.333. The maximum atomic E-state index is 12.2. The molecule has 0 aromatic carbocycles. The summed E-state index contributed by atoms with van der Waals surface area (Å²) in [7, 11) is 3.46. The summed E-state index contributed by atoms with van der Waals surface area (Å²) in [5.41, 5.74) is 1.88. The van der Waals surface area contributed by atoms with Gasteiger partial charge in [-0.25, -0.2) is 0 Å². The Balaban J connectivity index is 1.71. The lowest BCUT2D eigenvalue weighted by Crippen LogP contribution is -2.43. The molecule has 0 aliphatic carbocycles. The van der Waals surface area contributed by atoms with Crippen LogP contribution in [0.25, 0.3) is 0 Å². The molecular formula is C18H24N6O. The fourth-order valence-electron chi connectivity index (χ4n) is 2.14. The van der Waals surface area contributed by atoms with E-state index in [0.717, 1.165) is 17.8 Å². The Morgan fingerprint density at radius 3 is 2.36 bits per heavy atom. The average molecular weight is 340 g/mol. The summed E-state index contributed by atoms with van der Waals surface area (Å²) < 4.78 is 0. The number of hydrogen-bond acceptors (Lipinski definition) is 4. The third-order valence-electron chi connectivity index (χ3n) is 3.65. The number of nitrogens with zero attached hydrogens (tertiary/aromatic N) is 4. The number of aliphatic imine (C=N–C) groups is 1. The molecule has 7 heteroatoms. The molecule has 0 bridgehead atoms. The number of amides is 1. The average Bonchev–Trinajstić information content (AvgIpc) is 2.67. The number of nitrogens with one attached hydrogen (secondary N) is 2. The van der Waals surface area contributed by atoms with Crippen molar-refractivity contribution in [3.8, 4) is 0 Å². The van der Waals surface area contributed by atoms with Crippen molar-refractivity contribution >= 4 is 11.9 Å². The zero-order valence-corrected chi connectivity index (χ0v) is 14.6. The predicted molar refractivity (Wildman–Crippen MR) is 98.0 cm³/mol. The van der Waals surface area contributed by atoms with E-state index in [1.165, 1.54) is 0 Å². The quantitative estimate of drug-likeness (QED) is 0.577. The maximum Gasteiger partial charge on any atom is 0.241 e. The van der Waals surface area contributed by atoms with E-state index >= 15 is 0 Å². The van der Waals surface area contributed by atoms with Crippen LogP contribution in [0.15, 0.2) is 53.8 Å². The van der Waals surface area contributed by atoms with Crippen LogP contribution in [0.4, 0.5) is 0 Å². The van der Waals surface area contributed by atoms with E-state index in [9.17, 15) is 4.79 Å². The van der Waals surface area contributed by atoms with Crippen LogP contribution >= 0.6 is 0 Å². The van der Waals surface area contributed by atoms with Gasteiger partial charge in [0.25, 0.3) is 0 Å². The van der Waals surface area contributed by atoms with Crippen LogP contribution in [-0.4, -0.2) is 53.9 Å². The summed E-state index contributed by atoms with van der Waals surface area (Å²) in [5, 5.41) is 6.16. The van der Waals surface area contributed by atoms with E-state index in [4.69, 9.17) is 0 Å². The summed E-state index contributed by atoms with van der Waals surface area (Å²) in [6.07, 6.45) is 4.24. The number of carbonyl (C=O) groups excluding carboxylic acids is 1. The largest absolute Gasteiger partial charge is 0.351 e. The molecule has 25 heavy (non-hydrogen) atoms. The zero-order valence-electron chi connectivity index (χ0n) is 14.6. The van der Waals surface area contributed by atoms with Crippen LogP contribution in [0.5, 0.6) is 0 Å². The van der Waals surface area contributed by atoms with E-state index in [-0.39, 0.29) is 12.5 Å². The van der Waals surface area contributed by atoms with Crippen LogP contribution in [0, 0.1) is 0 Å². The van der Waals surface area contributed by atoms with Crippen molar-refractivity contribution in [2.75, 3.05) is 27.2 Å². The Hall–Kier alpha value is -2.96. The normalized spacial score (nSPS) is 11.0. The molecule has 0 aliphatic rings. The smallest absolute Gasteiger partial charge is 0.241 e. The van der Waals surface area contributed by atoms with Gasteiger partial charge in [0.05, 0.1) is 18.8 Å². The van der Waals surface area contributed by atoms with Crippen LogP contribution < -0.4 is 10.6 Å². The lowest BCUT2D eigenvalue weighted by molar-refractivity contribution is -0.128. The molecule has 132 valence electrons. The van der Waals surface area contributed by atoms with Crippen molar-refractivity contribution in [2.24, 2.45) is 4.99 Å². The zero-order chi connectivity index (χ0) is 17.9. The van der Waals surface area contributed by atoms with Gasteiger partial charge in [0.1, 0.15) is 0 Å². The Bertz CT molecular complexity index is 674. The summed E-state index contributed by atoms with van der Waals surface area (Å²) in [4.78, 5) is 26.5. The molecule has 1 amide bonds. The van der Waals surface area contributed by atoms with Crippen LogP contribution in [0.2, 0.25) is 0 Å². The topological polar surface area (TPSA) is 82.5 Å². The Morgan fingerprint density at radius 2 is 1.76 bits per heavy atom. The molecule has 0 saturated heterocycles. The third kappa shape index (κ3) is 6.58. The first-order valence-corrected chi connectivity index (χ1v) is 8.17. The van der Waals surface area contributed by atoms with Crippen LogP contribution in [-0.2, 0) is 17.8 Å². The van der Waals surface area contributed by atoms with Crippen LogP contribution in [0.1, 0.15) is 11.4 Å². The number of pyridine rings is 2. The van der Waals surface area contributed by atoms with Gasteiger partial charge in [-0.3, -0.25) is 19.8 Å². The molecule has 0 fully saturated rings. The van der Waals surface area contributed by atoms with Gasteiger partial charge in [0, 0.05) is 45.1 Å². The highest BCUT2D eigenvalue weighted by atomic mass is 16.2. The molecule has 0 atom stereocenters. The molecule has 0 saturated carbocycles. The van der Waals surface area contributed by atoms with Crippen molar-refractivity contribution in [1.82, 2.24) is 25.5 Å². The number of carbonyl (C=O) groups is 1. The SMILES string of the molecule is CN=C(NCC(=O)N(C)CCc1ccccn1)NCc1ccccn1. The lowest BCUT2D eigenvalue weighted by Gasteiger charge is -2.18.